The number of benzene rings is 1. The molecule has 0 spiro atoms. The first-order chi connectivity index (χ1) is 5.77. The summed E-state index contributed by atoms with van der Waals surface area (Å²) in [6.07, 6.45) is 0. The summed E-state index contributed by atoms with van der Waals surface area (Å²) in [5, 5.41) is 17.0. The smallest absolute Gasteiger partial charge is 0.158 e. The van der Waals surface area contributed by atoms with Crippen molar-refractivity contribution in [3.05, 3.63) is 35.6 Å². The molecule has 0 aliphatic heterocycles. The molecule has 0 heterocycles. The van der Waals surface area contributed by atoms with Crippen molar-refractivity contribution in [2.75, 3.05) is 0 Å². The van der Waals surface area contributed by atoms with E-state index in [1.807, 2.05) is 0 Å². The van der Waals surface area contributed by atoms with Crippen molar-refractivity contribution in [2.24, 2.45) is 0 Å². The van der Waals surface area contributed by atoms with Gasteiger partial charge in [-0.15, -0.1) is 0 Å². The van der Waals surface area contributed by atoms with Crippen LogP contribution in [0.25, 0.3) is 0 Å². The van der Waals surface area contributed by atoms with Crippen LogP contribution in [0.1, 0.15) is 11.5 Å². The zero-order valence-electron chi connectivity index (χ0n) is 6.16. The highest BCUT2D eigenvalue weighted by molar-refractivity contribution is 5.30. The molecule has 0 aliphatic rings. The van der Waals surface area contributed by atoms with Gasteiger partial charge in [0.1, 0.15) is 5.82 Å². The zero-order chi connectivity index (χ0) is 8.97. The van der Waals surface area contributed by atoms with Crippen LogP contribution in [0.3, 0.4) is 0 Å². The van der Waals surface area contributed by atoms with Gasteiger partial charge in [-0.2, -0.15) is 10.5 Å². The van der Waals surface area contributed by atoms with Crippen LogP contribution in [0.15, 0.2) is 24.3 Å². The Hall–Kier alpha value is -1.87. The van der Waals surface area contributed by atoms with Gasteiger partial charge in [-0.25, -0.2) is 4.39 Å². The summed E-state index contributed by atoms with van der Waals surface area (Å²) in [6.45, 7) is 0. The second-order valence-corrected chi connectivity index (χ2v) is 2.24. The van der Waals surface area contributed by atoms with Crippen molar-refractivity contribution < 1.29 is 4.39 Å². The van der Waals surface area contributed by atoms with Gasteiger partial charge in [-0.3, -0.25) is 0 Å². The number of hydrogen-bond donors (Lipinski definition) is 0. The van der Waals surface area contributed by atoms with Gasteiger partial charge in [0.2, 0.25) is 0 Å². The maximum absolute atomic E-state index is 12.4. The summed E-state index contributed by atoms with van der Waals surface area (Å²) < 4.78 is 12.4. The third-order valence-corrected chi connectivity index (χ3v) is 1.46. The normalized spacial score (nSPS) is 9.00. The Labute approximate surface area is 69.5 Å². The molecule has 3 heteroatoms. The van der Waals surface area contributed by atoms with E-state index in [1.54, 1.807) is 12.1 Å². The van der Waals surface area contributed by atoms with Gasteiger partial charge in [0.05, 0.1) is 12.1 Å². The summed E-state index contributed by atoms with van der Waals surface area (Å²) in [5.74, 6) is -1.17. The van der Waals surface area contributed by atoms with Crippen LogP contribution in [0, 0.1) is 28.5 Å². The van der Waals surface area contributed by atoms with E-state index in [0.29, 0.717) is 5.56 Å². The van der Waals surface area contributed by atoms with Gasteiger partial charge in [-0.05, 0) is 17.7 Å². The van der Waals surface area contributed by atoms with E-state index in [0.717, 1.165) is 0 Å². The molecule has 1 rings (SSSR count). The predicted octanol–water partition coefficient (Wildman–Crippen LogP) is 1.96. The summed E-state index contributed by atoms with van der Waals surface area (Å²) in [5.41, 5.74) is 0.529. The number of rotatable bonds is 1. The van der Waals surface area contributed by atoms with Crippen molar-refractivity contribution in [3.63, 3.8) is 0 Å². The molecule has 12 heavy (non-hydrogen) atoms. The molecule has 0 amide bonds. The standard InChI is InChI=1S/C9H5FN2/c10-9-3-1-7(2-4-9)8(5-11)6-12/h1-4,8H. The lowest BCUT2D eigenvalue weighted by Gasteiger charge is -1.97. The Morgan fingerprint density at radius 2 is 1.58 bits per heavy atom. The SMILES string of the molecule is N#CC(C#N)c1ccc(F)cc1. The first-order valence-corrected chi connectivity index (χ1v) is 3.32. The van der Waals surface area contributed by atoms with Gasteiger partial charge in [0, 0.05) is 0 Å². The minimum atomic E-state index is -0.800. The van der Waals surface area contributed by atoms with Gasteiger partial charge in [0.25, 0.3) is 0 Å². The van der Waals surface area contributed by atoms with Gasteiger partial charge < -0.3 is 0 Å². The van der Waals surface area contributed by atoms with E-state index in [4.69, 9.17) is 10.5 Å². The van der Waals surface area contributed by atoms with Crippen LogP contribution in [0.2, 0.25) is 0 Å². The summed E-state index contributed by atoms with van der Waals surface area (Å²) in [6, 6.07) is 8.95. The van der Waals surface area contributed by atoms with E-state index >= 15 is 0 Å². The minimum Gasteiger partial charge on any atom is -0.207 e. The maximum Gasteiger partial charge on any atom is 0.158 e. The Kier molecular flexibility index (Phi) is 2.40. The first-order valence-electron chi connectivity index (χ1n) is 3.32. The second-order valence-electron chi connectivity index (χ2n) is 2.24. The lowest BCUT2D eigenvalue weighted by molar-refractivity contribution is 0.627. The van der Waals surface area contributed by atoms with E-state index in [-0.39, 0.29) is 5.82 Å². The van der Waals surface area contributed by atoms with Gasteiger partial charge in [-0.1, -0.05) is 12.1 Å². The number of halogens is 1. The average Bonchev–Trinajstić information content (AvgIpc) is 2.10. The van der Waals surface area contributed by atoms with Gasteiger partial charge in [0.15, 0.2) is 5.92 Å². The molecule has 0 unspecified atom stereocenters. The van der Waals surface area contributed by atoms with Gasteiger partial charge >= 0.3 is 0 Å². The van der Waals surface area contributed by atoms with Crippen LogP contribution >= 0.6 is 0 Å². The molecule has 2 nitrogen and oxygen atoms in total. The lowest BCUT2D eigenvalue weighted by atomic mass is 10.0. The molecule has 0 aromatic heterocycles. The van der Waals surface area contributed by atoms with E-state index in [2.05, 4.69) is 0 Å². The Balaban J connectivity index is 2.99. The van der Waals surface area contributed by atoms with Crippen molar-refractivity contribution >= 4 is 0 Å². The van der Waals surface area contributed by atoms with Crippen LogP contribution in [0.4, 0.5) is 4.39 Å². The molecular weight excluding hydrogens is 155 g/mol. The molecule has 0 atom stereocenters. The predicted molar refractivity (Wildman–Crippen MR) is 40.4 cm³/mol. The highest BCUT2D eigenvalue weighted by Gasteiger charge is 2.07. The fraction of sp³-hybridized carbons (Fsp3) is 0.111. The van der Waals surface area contributed by atoms with Crippen LogP contribution in [-0.2, 0) is 0 Å². The van der Waals surface area contributed by atoms with E-state index in [1.165, 1.54) is 24.3 Å². The molecule has 0 saturated carbocycles. The summed E-state index contributed by atoms with van der Waals surface area (Å²) in [4.78, 5) is 0. The summed E-state index contributed by atoms with van der Waals surface area (Å²) in [7, 11) is 0. The van der Waals surface area contributed by atoms with E-state index in [9.17, 15) is 4.39 Å². The molecule has 0 N–H and O–H groups in total. The largest absolute Gasteiger partial charge is 0.207 e. The molecule has 1 aromatic rings. The maximum atomic E-state index is 12.4. The molecular formula is C9H5FN2. The Morgan fingerprint density at radius 1 is 1.08 bits per heavy atom. The Morgan fingerprint density at radius 3 is 2.00 bits per heavy atom. The topological polar surface area (TPSA) is 47.6 Å². The molecule has 0 radical (unpaired) electrons. The molecule has 0 fully saturated rings. The number of nitrogens with zero attached hydrogens (tertiary/aromatic N) is 2. The lowest BCUT2D eigenvalue weighted by Crippen LogP contribution is -1.90. The van der Waals surface area contributed by atoms with Crippen LogP contribution in [0.5, 0.6) is 0 Å². The van der Waals surface area contributed by atoms with Crippen LogP contribution < -0.4 is 0 Å². The molecule has 0 bridgehead atoms. The van der Waals surface area contributed by atoms with E-state index < -0.39 is 5.92 Å². The molecule has 0 aliphatic carbocycles. The number of nitriles is 2. The van der Waals surface area contributed by atoms with Crippen molar-refractivity contribution in [1.29, 1.82) is 10.5 Å². The van der Waals surface area contributed by atoms with Crippen molar-refractivity contribution in [1.82, 2.24) is 0 Å². The third-order valence-electron chi connectivity index (χ3n) is 1.46. The molecule has 1 aromatic carbocycles. The first kappa shape index (κ1) is 8.23. The quantitative estimate of drug-likeness (QED) is 0.630. The van der Waals surface area contributed by atoms with Crippen LogP contribution in [-0.4, -0.2) is 0 Å². The highest BCUT2D eigenvalue weighted by atomic mass is 19.1. The second kappa shape index (κ2) is 3.50. The monoisotopic (exact) mass is 160 g/mol. The summed E-state index contributed by atoms with van der Waals surface area (Å²) >= 11 is 0. The highest BCUT2D eigenvalue weighted by Crippen LogP contribution is 2.13. The number of hydrogen-bond acceptors (Lipinski definition) is 2. The fourth-order valence-electron chi connectivity index (χ4n) is 0.833. The molecule has 58 valence electrons. The van der Waals surface area contributed by atoms with Crippen molar-refractivity contribution in [3.8, 4) is 12.1 Å². The molecule has 0 saturated heterocycles. The van der Waals surface area contributed by atoms with Crippen molar-refractivity contribution in [2.45, 2.75) is 5.92 Å². The minimum absolute atomic E-state index is 0.367. The third kappa shape index (κ3) is 1.59. The fourth-order valence-corrected chi connectivity index (χ4v) is 0.833. The Bertz CT molecular complexity index is 328. The average molecular weight is 160 g/mol. The zero-order valence-corrected chi connectivity index (χ0v) is 6.16.